The van der Waals surface area contributed by atoms with Gasteiger partial charge in [-0.25, -0.2) is 0 Å². The lowest BCUT2D eigenvalue weighted by atomic mass is 10.00. The summed E-state index contributed by atoms with van der Waals surface area (Å²) in [5.74, 6) is 0. The van der Waals surface area contributed by atoms with Crippen LogP contribution in [0.25, 0.3) is 0 Å². The maximum atomic E-state index is 6.09. The SMILES string of the molecule is CC(C)NC1CCCN(C(C)c2cccc(Cl)c2)C1. The predicted octanol–water partition coefficient (Wildman–Crippen LogP) is 3.86. The van der Waals surface area contributed by atoms with Crippen LogP contribution in [0.15, 0.2) is 24.3 Å². The van der Waals surface area contributed by atoms with Crippen LogP contribution in [-0.4, -0.2) is 30.1 Å². The lowest BCUT2D eigenvalue weighted by Crippen LogP contribution is -2.48. The molecule has 0 aromatic heterocycles. The van der Waals surface area contributed by atoms with Crippen molar-refractivity contribution >= 4 is 11.6 Å². The van der Waals surface area contributed by atoms with Crippen LogP contribution in [0.2, 0.25) is 5.02 Å². The van der Waals surface area contributed by atoms with Crippen molar-refractivity contribution in [2.75, 3.05) is 13.1 Å². The zero-order valence-corrected chi connectivity index (χ0v) is 13.0. The van der Waals surface area contributed by atoms with Crippen molar-refractivity contribution in [1.82, 2.24) is 10.2 Å². The van der Waals surface area contributed by atoms with Crippen LogP contribution in [0.1, 0.15) is 45.2 Å². The Balaban J connectivity index is 2.00. The summed E-state index contributed by atoms with van der Waals surface area (Å²) >= 11 is 6.09. The van der Waals surface area contributed by atoms with Crippen molar-refractivity contribution in [3.63, 3.8) is 0 Å². The van der Waals surface area contributed by atoms with Crippen LogP contribution >= 0.6 is 11.6 Å². The Kier molecular flexibility index (Phi) is 5.26. The molecule has 0 spiro atoms. The van der Waals surface area contributed by atoms with Gasteiger partial charge in [-0.1, -0.05) is 37.6 Å². The van der Waals surface area contributed by atoms with Crippen LogP contribution in [0.3, 0.4) is 0 Å². The molecule has 2 unspecified atom stereocenters. The van der Waals surface area contributed by atoms with E-state index in [9.17, 15) is 0 Å². The fourth-order valence-corrected chi connectivity index (χ4v) is 3.14. The highest BCUT2D eigenvalue weighted by Crippen LogP contribution is 2.26. The molecular weight excluding hydrogens is 256 g/mol. The van der Waals surface area contributed by atoms with Crippen LogP contribution in [0, 0.1) is 0 Å². The van der Waals surface area contributed by atoms with Gasteiger partial charge in [-0.05, 0) is 44.0 Å². The summed E-state index contributed by atoms with van der Waals surface area (Å²) in [7, 11) is 0. The Morgan fingerprint density at radius 3 is 2.79 bits per heavy atom. The molecule has 1 aliphatic rings. The van der Waals surface area contributed by atoms with Gasteiger partial charge in [0.1, 0.15) is 0 Å². The summed E-state index contributed by atoms with van der Waals surface area (Å²) in [6.45, 7) is 9.04. The van der Waals surface area contributed by atoms with Gasteiger partial charge in [0.2, 0.25) is 0 Å². The first kappa shape index (κ1) is 14.8. The van der Waals surface area contributed by atoms with Crippen molar-refractivity contribution in [3.05, 3.63) is 34.9 Å². The lowest BCUT2D eigenvalue weighted by molar-refractivity contribution is 0.142. The number of nitrogens with zero attached hydrogens (tertiary/aromatic N) is 1. The maximum absolute atomic E-state index is 6.09. The molecule has 19 heavy (non-hydrogen) atoms. The molecule has 0 radical (unpaired) electrons. The molecule has 0 aliphatic carbocycles. The van der Waals surface area contributed by atoms with E-state index in [-0.39, 0.29) is 0 Å². The highest BCUT2D eigenvalue weighted by atomic mass is 35.5. The molecule has 0 bridgehead atoms. The number of hydrogen-bond acceptors (Lipinski definition) is 2. The first-order valence-corrected chi connectivity index (χ1v) is 7.69. The highest BCUT2D eigenvalue weighted by Gasteiger charge is 2.24. The van der Waals surface area contributed by atoms with Gasteiger partial charge in [-0.3, -0.25) is 4.90 Å². The van der Waals surface area contributed by atoms with E-state index in [1.165, 1.54) is 24.9 Å². The summed E-state index contributed by atoms with van der Waals surface area (Å²) in [5, 5.41) is 4.49. The molecular formula is C16H25ClN2. The van der Waals surface area contributed by atoms with Gasteiger partial charge in [0.15, 0.2) is 0 Å². The number of benzene rings is 1. The predicted molar refractivity (Wildman–Crippen MR) is 82.7 cm³/mol. The Hall–Kier alpha value is -0.570. The number of nitrogens with one attached hydrogen (secondary N) is 1. The number of rotatable bonds is 4. The highest BCUT2D eigenvalue weighted by molar-refractivity contribution is 6.30. The first-order valence-electron chi connectivity index (χ1n) is 7.32. The molecule has 3 heteroatoms. The van der Waals surface area contributed by atoms with E-state index in [2.05, 4.69) is 43.1 Å². The number of piperidine rings is 1. The van der Waals surface area contributed by atoms with Gasteiger partial charge >= 0.3 is 0 Å². The Morgan fingerprint density at radius 2 is 2.11 bits per heavy atom. The summed E-state index contributed by atoms with van der Waals surface area (Å²) in [6.07, 6.45) is 2.56. The van der Waals surface area contributed by atoms with Gasteiger partial charge in [0.05, 0.1) is 0 Å². The van der Waals surface area contributed by atoms with Crippen LogP contribution in [0.4, 0.5) is 0 Å². The minimum atomic E-state index is 0.440. The first-order chi connectivity index (χ1) is 9.06. The molecule has 1 aromatic carbocycles. The monoisotopic (exact) mass is 280 g/mol. The summed E-state index contributed by atoms with van der Waals surface area (Å²) in [6, 6.07) is 9.87. The number of hydrogen-bond donors (Lipinski definition) is 1. The minimum absolute atomic E-state index is 0.440. The van der Waals surface area contributed by atoms with E-state index in [4.69, 9.17) is 11.6 Å². The summed E-state index contributed by atoms with van der Waals surface area (Å²) in [5.41, 5.74) is 1.32. The third-order valence-corrected chi connectivity index (χ3v) is 4.14. The number of likely N-dealkylation sites (tertiary alicyclic amines) is 1. The molecule has 0 saturated carbocycles. The molecule has 2 nitrogen and oxygen atoms in total. The van der Waals surface area contributed by atoms with E-state index in [1.54, 1.807) is 0 Å². The topological polar surface area (TPSA) is 15.3 Å². The largest absolute Gasteiger partial charge is 0.311 e. The zero-order chi connectivity index (χ0) is 13.8. The summed E-state index contributed by atoms with van der Waals surface area (Å²) < 4.78 is 0. The van der Waals surface area contributed by atoms with Crippen LogP contribution in [0.5, 0.6) is 0 Å². The molecule has 1 fully saturated rings. The van der Waals surface area contributed by atoms with Crippen molar-refractivity contribution in [2.24, 2.45) is 0 Å². The molecule has 1 N–H and O–H groups in total. The Bertz CT molecular complexity index is 405. The maximum Gasteiger partial charge on any atom is 0.0409 e. The molecule has 106 valence electrons. The molecule has 0 amide bonds. The Morgan fingerprint density at radius 1 is 1.32 bits per heavy atom. The lowest BCUT2D eigenvalue weighted by Gasteiger charge is -2.38. The summed E-state index contributed by atoms with van der Waals surface area (Å²) in [4.78, 5) is 2.56. The van der Waals surface area contributed by atoms with Gasteiger partial charge in [-0.15, -0.1) is 0 Å². The molecule has 1 aliphatic heterocycles. The minimum Gasteiger partial charge on any atom is -0.311 e. The van der Waals surface area contributed by atoms with E-state index in [0.29, 0.717) is 18.1 Å². The van der Waals surface area contributed by atoms with Crippen molar-refractivity contribution < 1.29 is 0 Å². The van der Waals surface area contributed by atoms with Crippen LogP contribution < -0.4 is 5.32 Å². The van der Waals surface area contributed by atoms with Gasteiger partial charge in [-0.2, -0.15) is 0 Å². The van der Waals surface area contributed by atoms with E-state index in [0.717, 1.165) is 11.6 Å². The van der Waals surface area contributed by atoms with E-state index in [1.807, 2.05) is 12.1 Å². The van der Waals surface area contributed by atoms with Crippen molar-refractivity contribution in [2.45, 2.75) is 51.7 Å². The fourth-order valence-electron chi connectivity index (χ4n) is 2.94. The average Bonchev–Trinajstić information content (AvgIpc) is 2.37. The van der Waals surface area contributed by atoms with Crippen LogP contribution in [-0.2, 0) is 0 Å². The molecule has 1 saturated heterocycles. The third kappa shape index (κ3) is 4.20. The van der Waals surface area contributed by atoms with Crippen molar-refractivity contribution in [3.8, 4) is 0 Å². The molecule has 1 heterocycles. The third-order valence-electron chi connectivity index (χ3n) is 3.90. The second-order valence-electron chi connectivity index (χ2n) is 5.89. The van der Waals surface area contributed by atoms with Gasteiger partial charge < -0.3 is 5.32 Å². The molecule has 2 atom stereocenters. The van der Waals surface area contributed by atoms with E-state index < -0.39 is 0 Å². The smallest absolute Gasteiger partial charge is 0.0409 e. The fraction of sp³-hybridized carbons (Fsp3) is 0.625. The zero-order valence-electron chi connectivity index (χ0n) is 12.2. The average molecular weight is 281 g/mol. The van der Waals surface area contributed by atoms with E-state index >= 15 is 0 Å². The van der Waals surface area contributed by atoms with Crippen molar-refractivity contribution in [1.29, 1.82) is 0 Å². The van der Waals surface area contributed by atoms with Gasteiger partial charge in [0, 0.05) is 29.7 Å². The standard InChI is InChI=1S/C16H25ClN2/c1-12(2)18-16-8-5-9-19(11-16)13(3)14-6-4-7-15(17)10-14/h4,6-7,10,12-13,16,18H,5,8-9,11H2,1-3H3. The quantitative estimate of drug-likeness (QED) is 0.901. The molecule has 2 rings (SSSR count). The Labute approximate surface area is 122 Å². The molecule has 1 aromatic rings. The second kappa shape index (κ2) is 6.74. The second-order valence-corrected chi connectivity index (χ2v) is 6.32. The number of halogens is 1. The van der Waals surface area contributed by atoms with Gasteiger partial charge in [0.25, 0.3) is 0 Å². The normalized spacial score (nSPS) is 22.7.